The Labute approximate surface area is 119 Å². The summed E-state index contributed by atoms with van der Waals surface area (Å²) in [5.41, 5.74) is 1.68. The predicted molar refractivity (Wildman–Crippen MR) is 75.3 cm³/mol. The number of likely N-dealkylation sites (tertiary alicyclic amines) is 1. The molecule has 19 heavy (non-hydrogen) atoms. The van der Waals surface area contributed by atoms with Gasteiger partial charge in [0.25, 0.3) is 0 Å². The molecule has 0 bridgehead atoms. The summed E-state index contributed by atoms with van der Waals surface area (Å²) in [5, 5.41) is 11.8. The van der Waals surface area contributed by atoms with Crippen LogP contribution < -0.4 is 5.32 Å². The first kappa shape index (κ1) is 13.9. The number of aryl methyl sites for hydroxylation is 1. The lowest BCUT2D eigenvalue weighted by molar-refractivity contribution is -0.141. The molecular formula is C13H15BrN2O3. The van der Waals surface area contributed by atoms with E-state index in [1.54, 1.807) is 0 Å². The average molecular weight is 327 g/mol. The number of halogens is 1. The van der Waals surface area contributed by atoms with E-state index < -0.39 is 12.0 Å². The van der Waals surface area contributed by atoms with Gasteiger partial charge in [0, 0.05) is 11.0 Å². The minimum atomic E-state index is -0.948. The summed E-state index contributed by atoms with van der Waals surface area (Å²) in [6, 6.07) is 4.53. The number of hydrogen-bond acceptors (Lipinski definition) is 2. The summed E-state index contributed by atoms with van der Waals surface area (Å²) in [4.78, 5) is 24.6. The number of rotatable bonds is 2. The zero-order valence-corrected chi connectivity index (χ0v) is 12.1. The van der Waals surface area contributed by atoms with Gasteiger partial charge >= 0.3 is 12.0 Å². The van der Waals surface area contributed by atoms with Gasteiger partial charge in [0.2, 0.25) is 0 Å². The molecule has 6 heteroatoms. The number of nitrogens with zero attached hydrogens (tertiary/aromatic N) is 1. The van der Waals surface area contributed by atoms with Crippen molar-refractivity contribution in [1.82, 2.24) is 4.90 Å². The number of anilines is 1. The molecule has 102 valence electrons. The molecule has 0 aliphatic carbocycles. The van der Waals surface area contributed by atoms with Crippen molar-refractivity contribution in [3.63, 3.8) is 0 Å². The number of hydrogen-bond donors (Lipinski definition) is 2. The van der Waals surface area contributed by atoms with Crippen molar-refractivity contribution in [3.8, 4) is 0 Å². The molecule has 1 aromatic carbocycles. The number of amides is 2. The zero-order valence-electron chi connectivity index (χ0n) is 10.5. The van der Waals surface area contributed by atoms with Crippen LogP contribution >= 0.6 is 15.9 Å². The molecular weight excluding hydrogens is 312 g/mol. The third-order valence-electron chi connectivity index (χ3n) is 3.16. The largest absolute Gasteiger partial charge is 0.480 e. The Bertz CT molecular complexity index is 519. The highest BCUT2D eigenvalue weighted by Crippen LogP contribution is 2.25. The molecule has 1 saturated heterocycles. The molecule has 0 unspecified atom stereocenters. The number of carbonyl (C=O) groups is 2. The van der Waals surface area contributed by atoms with Crippen molar-refractivity contribution in [2.45, 2.75) is 25.8 Å². The van der Waals surface area contributed by atoms with E-state index in [-0.39, 0.29) is 6.03 Å². The number of carboxylic acid groups (broad SMARTS) is 1. The molecule has 0 radical (unpaired) electrons. The van der Waals surface area contributed by atoms with Crippen molar-refractivity contribution in [2.24, 2.45) is 0 Å². The smallest absolute Gasteiger partial charge is 0.326 e. The van der Waals surface area contributed by atoms with Gasteiger partial charge in [0.15, 0.2) is 0 Å². The fourth-order valence-corrected chi connectivity index (χ4v) is 2.53. The van der Waals surface area contributed by atoms with Crippen molar-refractivity contribution >= 4 is 33.6 Å². The van der Waals surface area contributed by atoms with Crippen LogP contribution in [0.3, 0.4) is 0 Å². The number of nitrogens with one attached hydrogen (secondary N) is 1. The Balaban J connectivity index is 2.12. The molecule has 2 rings (SSSR count). The van der Waals surface area contributed by atoms with Crippen LogP contribution in [0.15, 0.2) is 22.7 Å². The van der Waals surface area contributed by atoms with E-state index in [4.69, 9.17) is 5.11 Å². The fourth-order valence-electron chi connectivity index (χ4n) is 2.19. The predicted octanol–water partition coefficient (Wildman–Crippen LogP) is 2.84. The molecule has 1 atom stereocenters. The number of benzene rings is 1. The first-order valence-electron chi connectivity index (χ1n) is 6.05. The third kappa shape index (κ3) is 3.07. The Kier molecular flexibility index (Phi) is 4.09. The highest BCUT2D eigenvalue weighted by atomic mass is 79.9. The van der Waals surface area contributed by atoms with Gasteiger partial charge in [-0.15, -0.1) is 0 Å². The summed E-state index contributed by atoms with van der Waals surface area (Å²) in [7, 11) is 0. The maximum absolute atomic E-state index is 12.1. The van der Waals surface area contributed by atoms with E-state index in [9.17, 15) is 9.59 Å². The molecule has 2 N–H and O–H groups in total. The summed E-state index contributed by atoms with van der Waals surface area (Å²) >= 11 is 3.36. The second kappa shape index (κ2) is 5.61. The SMILES string of the molecule is Cc1ccc(Br)c(NC(=O)N2CCC[C@@H]2C(=O)O)c1. The van der Waals surface area contributed by atoms with Gasteiger partial charge in [0.05, 0.1) is 5.69 Å². The Hall–Kier alpha value is -1.56. The van der Waals surface area contributed by atoms with Gasteiger partial charge < -0.3 is 15.3 Å². The standard InChI is InChI=1S/C13H15BrN2O3/c1-8-4-5-9(14)10(7-8)15-13(19)16-6-2-3-11(16)12(17)18/h4-5,7,11H,2-3,6H2,1H3,(H,15,19)(H,17,18)/t11-/m1/s1. The molecule has 0 aromatic heterocycles. The fraction of sp³-hybridized carbons (Fsp3) is 0.385. The first-order valence-corrected chi connectivity index (χ1v) is 6.85. The van der Waals surface area contributed by atoms with Crippen molar-refractivity contribution in [3.05, 3.63) is 28.2 Å². The normalized spacial score (nSPS) is 18.4. The monoisotopic (exact) mass is 326 g/mol. The van der Waals surface area contributed by atoms with Crippen molar-refractivity contribution in [1.29, 1.82) is 0 Å². The molecule has 1 aliphatic rings. The Morgan fingerprint density at radius 1 is 1.47 bits per heavy atom. The van der Waals surface area contributed by atoms with E-state index in [2.05, 4.69) is 21.2 Å². The minimum Gasteiger partial charge on any atom is -0.480 e. The van der Waals surface area contributed by atoms with Crippen LogP contribution in [0.4, 0.5) is 10.5 Å². The van der Waals surface area contributed by atoms with Crippen LogP contribution in [0.5, 0.6) is 0 Å². The van der Waals surface area contributed by atoms with E-state index in [0.717, 1.165) is 16.5 Å². The van der Waals surface area contributed by atoms with Crippen LogP contribution in [-0.4, -0.2) is 34.6 Å². The lowest BCUT2D eigenvalue weighted by Crippen LogP contribution is -2.42. The maximum atomic E-state index is 12.1. The van der Waals surface area contributed by atoms with Crippen LogP contribution in [0, 0.1) is 6.92 Å². The third-order valence-corrected chi connectivity index (χ3v) is 3.85. The maximum Gasteiger partial charge on any atom is 0.326 e. The lowest BCUT2D eigenvalue weighted by Gasteiger charge is -2.22. The lowest BCUT2D eigenvalue weighted by atomic mass is 10.2. The zero-order chi connectivity index (χ0) is 14.0. The van der Waals surface area contributed by atoms with Gasteiger partial charge in [0.1, 0.15) is 6.04 Å². The van der Waals surface area contributed by atoms with E-state index in [1.807, 2.05) is 25.1 Å². The molecule has 0 saturated carbocycles. The average Bonchev–Trinajstić information content (AvgIpc) is 2.83. The number of urea groups is 1. The highest BCUT2D eigenvalue weighted by Gasteiger charge is 2.34. The van der Waals surface area contributed by atoms with Gasteiger partial charge in [-0.3, -0.25) is 0 Å². The number of aliphatic carboxylic acids is 1. The summed E-state index contributed by atoms with van der Waals surface area (Å²) in [5.74, 6) is -0.948. The summed E-state index contributed by atoms with van der Waals surface area (Å²) in [6.45, 7) is 2.41. The number of carbonyl (C=O) groups excluding carboxylic acids is 1. The molecule has 1 fully saturated rings. The molecule has 2 amide bonds. The molecule has 5 nitrogen and oxygen atoms in total. The van der Waals surface area contributed by atoms with Crippen molar-refractivity contribution in [2.75, 3.05) is 11.9 Å². The van der Waals surface area contributed by atoms with Crippen LogP contribution in [0.1, 0.15) is 18.4 Å². The minimum absolute atomic E-state index is 0.365. The van der Waals surface area contributed by atoms with Gasteiger partial charge in [-0.05, 0) is 53.4 Å². The summed E-state index contributed by atoms with van der Waals surface area (Å²) in [6.07, 6.45) is 1.23. The number of carboxylic acids is 1. The van der Waals surface area contributed by atoms with Crippen LogP contribution in [0.25, 0.3) is 0 Å². The highest BCUT2D eigenvalue weighted by molar-refractivity contribution is 9.10. The van der Waals surface area contributed by atoms with Gasteiger partial charge in [-0.1, -0.05) is 6.07 Å². The molecule has 1 aromatic rings. The van der Waals surface area contributed by atoms with Gasteiger partial charge in [-0.25, -0.2) is 9.59 Å². The summed E-state index contributed by atoms with van der Waals surface area (Å²) < 4.78 is 0.775. The quantitative estimate of drug-likeness (QED) is 0.877. The van der Waals surface area contributed by atoms with Crippen LogP contribution in [0.2, 0.25) is 0 Å². The van der Waals surface area contributed by atoms with E-state index >= 15 is 0 Å². The second-order valence-corrected chi connectivity index (χ2v) is 5.46. The van der Waals surface area contributed by atoms with E-state index in [1.165, 1.54) is 4.90 Å². The van der Waals surface area contributed by atoms with Crippen LogP contribution in [-0.2, 0) is 4.79 Å². The Morgan fingerprint density at radius 3 is 2.89 bits per heavy atom. The topological polar surface area (TPSA) is 69.6 Å². The molecule has 1 heterocycles. The molecule has 1 aliphatic heterocycles. The first-order chi connectivity index (χ1) is 8.99. The van der Waals surface area contributed by atoms with Crippen molar-refractivity contribution < 1.29 is 14.7 Å². The van der Waals surface area contributed by atoms with Gasteiger partial charge in [-0.2, -0.15) is 0 Å². The molecule has 0 spiro atoms. The second-order valence-electron chi connectivity index (χ2n) is 4.60. The Morgan fingerprint density at radius 2 is 2.21 bits per heavy atom. The van der Waals surface area contributed by atoms with E-state index in [0.29, 0.717) is 18.7 Å².